The van der Waals surface area contributed by atoms with E-state index in [2.05, 4.69) is 48.2 Å². The molecular formula is C20H30N4OS. The summed E-state index contributed by atoms with van der Waals surface area (Å²) < 4.78 is -0.989. The second-order valence-electron chi connectivity index (χ2n) is 7.38. The Labute approximate surface area is 162 Å². The van der Waals surface area contributed by atoms with Crippen molar-refractivity contribution in [2.75, 3.05) is 46.3 Å². The lowest BCUT2D eigenvalue weighted by molar-refractivity contribution is -0.139. The molecule has 2 aliphatic heterocycles. The zero-order chi connectivity index (χ0) is 18.9. The van der Waals surface area contributed by atoms with E-state index in [1.165, 1.54) is 5.56 Å². The number of hydrogen-bond donors (Lipinski definition) is 2. The number of hydrogen-bond acceptors (Lipinski definition) is 5. The predicted octanol–water partition coefficient (Wildman–Crippen LogP) is 1.52. The second kappa shape index (κ2) is 7.72. The first-order chi connectivity index (χ1) is 12.4. The number of likely N-dealkylation sites (tertiary alicyclic amines) is 1. The van der Waals surface area contributed by atoms with Gasteiger partial charge in [-0.2, -0.15) is 12.6 Å². The summed E-state index contributed by atoms with van der Waals surface area (Å²) in [4.78, 5) is 18.9. The van der Waals surface area contributed by atoms with Crippen molar-refractivity contribution in [2.24, 2.45) is 5.73 Å². The van der Waals surface area contributed by atoms with E-state index >= 15 is 0 Å². The van der Waals surface area contributed by atoms with Crippen molar-refractivity contribution in [3.8, 4) is 0 Å². The van der Waals surface area contributed by atoms with Crippen molar-refractivity contribution >= 4 is 18.5 Å². The quantitative estimate of drug-likeness (QED) is 0.586. The molecule has 1 aromatic rings. The van der Waals surface area contributed by atoms with Gasteiger partial charge in [-0.1, -0.05) is 30.8 Å². The number of β-lactam (4-membered cyclic amide) rings is 1. The molecule has 26 heavy (non-hydrogen) atoms. The minimum Gasteiger partial charge on any atom is -0.322 e. The molecule has 2 heterocycles. The van der Waals surface area contributed by atoms with Gasteiger partial charge in [-0.15, -0.1) is 0 Å². The lowest BCUT2D eigenvalue weighted by Crippen LogP contribution is -2.64. The average Bonchev–Trinajstić information content (AvgIpc) is 2.67. The van der Waals surface area contributed by atoms with E-state index in [0.717, 1.165) is 44.7 Å². The highest BCUT2D eigenvalue weighted by atomic mass is 32.1. The van der Waals surface area contributed by atoms with Crippen LogP contribution in [0.25, 0.3) is 0 Å². The molecule has 2 atom stereocenters. The molecule has 1 aromatic carbocycles. The molecule has 0 aliphatic carbocycles. The number of nitrogens with zero attached hydrogens (tertiary/aromatic N) is 3. The van der Waals surface area contributed by atoms with Crippen LogP contribution >= 0.6 is 12.6 Å². The molecule has 2 fully saturated rings. The molecule has 5 nitrogen and oxygen atoms in total. The maximum absolute atomic E-state index is 12.4. The standard InChI is InChI=1S/C20H30N4OS/c1-4-24-15(2)20(26,19(24)25)18(21)17-7-5-16(6-8-17)9-10-23-13-11-22(3)12-14-23/h5-8,18,26H,2,4,9-14,21H2,1,3H3. The van der Waals surface area contributed by atoms with Crippen LogP contribution in [0.3, 0.4) is 0 Å². The number of likely N-dealkylation sites (N-methyl/N-ethyl adjacent to an activating group) is 1. The van der Waals surface area contributed by atoms with Gasteiger partial charge in [-0.25, -0.2) is 0 Å². The Bertz CT molecular complexity index is 651. The fourth-order valence-corrected chi connectivity index (χ4v) is 4.13. The van der Waals surface area contributed by atoms with E-state index in [4.69, 9.17) is 5.73 Å². The normalized spacial score (nSPS) is 26.1. The number of thiol groups is 1. The summed E-state index contributed by atoms with van der Waals surface area (Å²) >= 11 is 4.60. The van der Waals surface area contributed by atoms with E-state index in [0.29, 0.717) is 12.2 Å². The van der Waals surface area contributed by atoms with Gasteiger partial charge in [-0.3, -0.25) is 4.79 Å². The van der Waals surface area contributed by atoms with Crippen LogP contribution in [0.5, 0.6) is 0 Å². The molecule has 142 valence electrons. The zero-order valence-corrected chi connectivity index (χ0v) is 16.7. The van der Waals surface area contributed by atoms with E-state index in [9.17, 15) is 4.79 Å². The average molecular weight is 375 g/mol. The Morgan fingerprint density at radius 3 is 2.38 bits per heavy atom. The van der Waals surface area contributed by atoms with Gasteiger partial charge in [0, 0.05) is 45.0 Å². The van der Waals surface area contributed by atoms with Crippen LogP contribution in [-0.2, 0) is 11.2 Å². The molecule has 2 unspecified atom stereocenters. The SMILES string of the molecule is C=C1N(CC)C(=O)C1(S)C(N)c1ccc(CCN2CCN(C)CC2)cc1. The van der Waals surface area contributed by atoms with Crippen LogP contribution < -0.4 is 5.73 Å². The number of rotatable bonds is 6. The van der Waals surface area contributed by atoms with Gasteiger partial charge in [0.05, 0.1) is 6.04 Å². The Morgan fingerprint density at radius 1 is 1.23 bits per heavy atom. The monoisotopic (exact) mass is 374 g/mol. The Kier molecular flexibility index (Phi) is 5.77. The molecule has 0 bridgehead atoms. The fraction of sp³-hybridized carbons (Fsp3) is 0.550. The molecule has 3 rings (SSSR count). The summed E-state index contributed by atoms with van der Waals surface area (Å²) in [6, 6.07) is 7.80. The molecule has 2 aliphatic rings. The Morgan fingerprint density at radius 2 is 1.85 bits per heavy atom. The minimum absolute atomic E-state index is 0.0556. The van der Waals surface area contributed by atoms with Gasteiger partial charge in [0.1, 0.15) is 0 Å². The summed E-state index contributed by atoms with van der Waals surface area (Å²) in [5.41, 5.74) is 9.30. The van der Waals surface area contributed by atoms with Crippen molar-refractivity contribution in [1.82, 2.24) is 14.7 Å². The third-order valence-corrected chi connectivity index (χ3v) is 6.48. The highest BCUT2D eigenvalue weighted by molar-refractivity contribution is 7.83. The third kappa shape index (κ3) is 3.43. The van der Waals surface area contributed by atoms with Gasteiger partial charge < -0.3 is 20.4 Å². The molecule has 2 N–H and O–H groups in total. The van der Waals surface area contributed by atoms with Crippen LogP contribution in [0, 0.1) is 0 Å². The molecule has 0 saturated carbocycles. The summed E-state index contributed by atoms with van der Waals surface area (Å²) in [5, 5.41) is 0. The van der Waals surface area contributed by atoms with Crippen LogP contribution in [-0.4, -0.2) is 71.7 Å². The first-order valence-electron chi connectivity index (χ1n) is 9.37. The third-order valence-electron chi connectivity index (χ3n) is 5.75. The molecule has 0 spiro atoms. The number of carbonyl (C=O) groups is 1. The topological polar surface area (TPSA) is 52.8 Å². The minimum atomic E-state index is -0.989. The van der Waals surface area contributed by atoms with Gasteiger partial charge >= 0.3 is 0 Å². The number of carbonyl (C=O) groups excluding carboxylic acids is 1. The van der Waals surface area contributed by atoms with E-state index < -0.39 is 10.8 Å². The molecule has 6 heteroatoms. The smallest absolute Gasteiger partial charge is 0.250 e. The van der Waals surface area contributed by atoms with Crippen molar-refractivity contribution < 1.29 is 4.79 Å². The fourth-order valence-electron chi connectivity index (χ4n) is 3.74. The largest absolute Gasteiger partial charge is 0.322 e. The van der Waals surface area contributed by atoms with Gasteiger partial charge in [0.2, 0.25) is 0 Å². The van der Waals surface area contributed by atoms with Crippen molar-refractivity contribution in [2.45, 2.75) is 24.1 Å². The van der Waals surface area contributed by atoms with Gasteiger partial charge in [0.15, 0.2) is 4.75 Å². The highest BCUT2D eigenvalue weighted by Crippen LogP contribution is 2.46. The summed E-state index contributed by atoms with van der Waals surface area (Å²) in [7, 11) is 2.18. The van der Waals surface area contributed by atoms with Crippen LogP contribution in [0.2, 0.25) is 0 Å². The van der Waals surface area contributed by atoms with E-state index in [-0.39, 0.29) is 5.91 Å². The maximum Gasteiger partial charge on any atom is 0.250 e. The van der Waals surface area contributed by atoms with Gasteiger partial charge in [0.25, 0.3) is 5.91 Å². The zero-order valence-electron chi connectivity index (χ0n) is 15.8. The lowest BCUT2D eigenvalue weighted by Gasteiger charge is -2.50. The van der Waals surface area contributed by atoms with Crippen molar-refractivity contribution in [1.29, 1.82) is 0 Å². The number of amides is 1. The lowest BCUT2D eigenvalue weighted by atomic mass is 9.82. The van der Waals surface area contributed by atoms with Crippen LogP contribution in [0.15, 0.2) is 36.5 Å². The first-order valence-corrected chi connectivity index (χ1v) is 9.81. The first kappa shape index (κ1) is 19.4. The predicted molar refractivity (Wildman–Crippen MR) is 109 cm³/mol. The van der Waals surface area contributed by atoms with Gasteiger partial charge in [-0.05, 0) is 31.5 Å². The van der Waals surface area contributed by atoms with Crippen LogP contribution in [0.4, 0.5) is 0 Å². The van der Waals surface area contributed by atoms with Crippen molar-refractivity contribution in [3.05, 3.63) is 47.7 Å². The Hall–Kier alpha value is -1.34. The van der Waals surface area contributed by atoms with E-state index in [1.54, 1.807) is 4.90 Å². The number of benzene rings is 1. The summed E-state index contributed by atoms with van der Waals surface area (Å²) in [5.74, 6) is -0.0556. The van der Waals surface area contributed by atoms with Crippen molar-refractivity contribution in [3.63, 3.8) is 0 Å². The highest BCUT2D eigenvalue weighted by Gasteiger charge is 2.57. The maximum atomic E-state index is 12.4. The molecule has 0 aromatic heterocycles. The summed E-state index contributed by atoms with van der Waals surface area (Å²) in [6.07, 6.45) is 1.03. The van der Waals surface area contributed by atoms with E-state index in [1.807, 2.05) is 19.1 Å². The summed E-state index contributed by atoms with van der Waals surface area (Å²) in [6.45, 7) is 12.2. The number of nitrogens with two attached hydrogens (primary N) is 1. The molecule has 0 radical (unpaired) electrons. The second-order valence-corrected chi connectivity index (χ2v) is 8.08. The molecule has 2 saturated heterocycles. The molecular weight excluding hydrogens is 344 g/mol. The number of piperazine rings is 1. The van der Waals surface area contributed by atoms with Crippen LogP contribution in [0.1, 0.15) is 24.1 Å². The molecule has 1 amide bonds. The Balaban J connectivity index is 1.59.